The lowest BCUT2D eigenvalue weighted by Crippen LogP contribution is -2.62. The van der Waals surface area contributed by atoms with Crippen molar-refractivity contribution in [2.75, 3.05) is 19.7 Å². The minimum atomic E-state index is -2.60. The van der Waals surface area contributed by atoms with Crippen LogP contribution < -0.4 is 0 Å². The number of aliphatic hydroxyl groups is 3. The van der Waals surface area contributed by atoms with E-state index in [4.69, 9.17) is 5.11 Å². The van der Waals surface area contributed by atoms with Crippen molar-refractivity contribution in [1.29, 1.82) is 0 Å². The van der Waals surface area contributed by atoms with Crippen LogP contribution >= 0.6 is 0 Å². The molecular formula is C14H25F2NO3. The Balaban J connectivity index is 1.92. The lowest BCUT2D eigenvalue weighted by molar-refractivity contribution is -0.151. The van der Waals surface area contributed by atoms with Gasteiger partial charge in [-0.2, -0.15) is 0 Å². The van der Waals surface area contributed by atoms with E-state index in [1.165, 1.54) is 0 Å². The summed E-state index contributed by atoms with van der Waals surface area (Å²) in [7, 11) is 0. The number of unbranched alkanes of at least 4 members (excludes halogenated alkanes) is 3. The number of hydrogen-bond donors (Lipinski definition) is 3. The third-order valence-corrected chi connectivity index (χ3v) is 4.79. The summed E-state index contributed by atoms with van der Waals surface area (Å²) < 4.78 is 26.4. The largest absolute Gasteiger partial charge is 0.396 e. The normalized spacial score (nSPS) is 33.0. The number of alkyl halides is 2. The molecular weight excluding hydrogens is 268 g/mol. The highest BCUT2D eigenvalue weighted by Gasteiger charge is 2.62. The fourth-order valence-corrected chi connectivity index (χ4v) is 3.53. The fourth-order valence-electron chi connectivity index (χ4n) is 3.53. The first-order valence-electron chi connectivity index (χ1n) is 7.53. The van der Waals surface area contributed by atoms with E-state index in [0.717, 1.165) is 25.7 Å². The number of rotatable bonds is 7. The smallest absolute Gasteiger partial charge is 0.245 e. The highest BCUT2D eigenvalue weighted by Crippen LogP contribution is 2.54. The molecule has 0 radical (unpaired) electrons. The first kappa shape index (κ1) is 16.1. The molecule has 2 aliphatic rings. The molecule has 4 nitrogen and oxygen atoms in total. The van der Waals surface area contributed by atoms with Gasteiger partial charge in [0.25, 0.3) is 0 Å². The molecule has 20 heavy (non-hydrogen) atoms. The van der Waals surface area contributed by atoms with Gasteiger partial charge in [0.15, 0.2) is 0 Å². The van der Waals surface area contributed by atoms with Gasteiger partial charge in [-0.05, 0) is 32.2 Å². The Morgan fingerprint density at radius 3 is 2.30 bits per heavy atom. The van der Waals surface area contributed by atoms with Crippen molar-refractivity contribution in [3.63, 3.8) is 0 Å². The number of piperidine rings is 1. The maximum atomic E-state index is 13.2. The Bertz CT molecular complexity index is 313. The molecule has 3 N–H and O–H groups in total. The molecule has 1 aliphatic heterocycles. The zero-order chi connectivity index (χ0) is 14.8. The average molecular weight is 293 g/mol. The van der Waals surface area contributed by atoms with Crippen molar-refractivity contribution >= 4 is 0 Å². The molecule has 1 spiro atoms. The second kappa shape index (κ2) is 6.64. The minimum Gasteiger partial charge on any atom is -0.396 e. The van der Waals surface area contributed by atoms with Crippen molar-refractivity contribution in [1.82, 2.24) is 4.90 Å². The average Bonchev–Trinajstić information content (AvgIpc) is 3.16. The summed E-state index contributed by atoms with van der Waals surface area (Å²) in [5.74, 6) is -1.14. The van der Waals surface area contributed by atoms with Crippen LogP contribution in [-0.2, 0) is 0 Å². The van der Waals surface area contributed by atoms with Crippen LogP contribution in [0.4, 0.5) is 8.78 Å². The fraction of sp³-hybridized carbons (Fsp3) is 1.00. The summed E-state index contributed by atoms with van der Waals surface area (Å²) in [5.41, 5.74) is -0.593. The Morgan fingerprint density at radius 2 is 1.75 bits per heavy atom. The quantitative estimate of drug-likeness (QED) is 0.613. The third-order valence-electron chi connectivity index (χ3n) is 4.79. The highest BCUT2D eigenvalue weighted by atomic mass is 19.3. The molecule has 1 saturated carbocycles. The number of β-amino-alcohol motifs (C(OH)–C–C–N with tert-alkyl or cyclic N) is 1. The van der Waals surface area contributed by atoms with Crippen LogP contribution in [0.3, 0.4) is 0 Å². The third kappa shape index (κ3) is 3.13. The zero-order valence-electron chi connectivity index (χ0n) is 11.7. The predicted octanol–water partition coefficient (Wildman–Crippen LogP) is 0.990. The monoisotopic (exact) mass is 293 g/mol. The van der Waals surface area contributed by atoms with E-state index in [2.05, 4.69) is 0 Å². The van der Waals surface area contributed by atoms with Crippen LogP contribution in [-0.4, -0.2) is 64.1 Å². The van der Waals surface area contributed by atoms with Gasteiger partial charge >= 0.3 is 0 Å². The van der Waals surface area contributed by atoms with Crippen molar-refractivity contribution in [2.45, 2.75) is 62.7 Å². The van der Waals surface area contributed by atoms with Crippen molar-refractivity contribution in [3.8, 4) is 0 Å². The summed E-state index contributed by atoms with van der Waals surface area (Å²) in [6.45, 7) is 1.15. The standard InChI is InChI=1S/C14H25F2NO3/c15-13(16)11-12(20)10(19)9-17(14(11)5-6-14)7-3-1-2-4-8-18/h10-13,18-20H,1-9H2/t10-,11?,12+/m1/s1. The molecule has 118 valence electrons. The molecule has 2 fully saturated rings. The van der Waals surface area contributed by atoms with Crippen LogP contribution in [0, 0.1) is 5.92 Å². The van der Waals surface area contributed by atoms with Gasteiger partial charge in [0, 0.05) is 18.7 Å². The van der Waals surface area contributed by atoms with E-state index >= 15 is 0 Å². The van der Waals surface area contributed by atoms with E-state index in [1.54, 1.807) is 0 Å². The van der Waals surface area contributed by atoms with Crippen molar-refractivity contribution < 1.29 is 24.1 Å². The molecule has 6 heteroatoms. The van der Waals surface area contributed by atoms with Gasteiger partial charge in [-0.1, -0.05) is 12.8 Å². The molecule has 2 rings (SSSR count). The Morgan fingerprint density at radius 1 is 1.10 bits per heavy atom. The number of likely N-dealkylation sites (tertiary alicyclic amines) is 1. The highest BCUT2D eigenvalue weighted by molar-refractivity contribution is 5.15. The maximum absolute atomic E-state index is 13.2. The minimum absolute atomic E-state index is 0.187. The summed E-state index contributed by atoms with van der Waals surface area (Å²) in [4.78, 5) is 1.96. The lowest BCUT2D eigenvalue weighted by Gasteiger charge is -2.46. The molecule has 0 bridgehead atoms. The first-order valence-corrected chi connectivity index (χ1v) is 7.53. The first-order chi connectivity index (χ1) is 9.53. The topological polar surface area (TPSA) is 63.9 Å². The van der Waals surface area contributed by atoms with E-state index in [0.29, 0.717) is 19.4 Å². The summed E-state index contributed by atoms with van der Waals surface area (Å²) in [6.07, 6.45) is -0.108. The molecule has 0 aromatic rings. The van der Waals surface area contributed by atoms with Crippen LogP contribution in [0.25, 0.3) is 0 Å². The van der Waals surface area contributed by atoms with Gasteiger partial charge in [0.2, 0.25) is 6.43 Å². The Labute approximate surface area is 118 Å². The van der Waals surface area contributed by atoms with E-state index < -0.39 is 30.1 Å². The number of nitrogens with zero attached hydrogens (tertiary/aromatic N) is 1. The molecule has 0 aromatic carbocycles. The van der Waals surface area contributed by atoms with Crippen LogP contribution in [0.1, 0.15) is 38.5 Å². The van der Waals surface area contributed by atoms with E-state index in [1.807, 2.05) is 4.90 Å². The second-order valence-electron chi connectivity index (χ2n) is 6.11. The SMILES string of the molecule is OCCCCCCN1C[C@@H](O)[C@H](O)C(C(F)F)C12CC2. The van der Waals surface area contributed by atoms with Crippen molar-refractivity contribution in [2.24, 2.45) is 5.92 Å². The summed E-state index contributed by atoms with van der Waals surface area (Å²) >= 11 is 0. The number of hydrogen-bond acceptors (Lipinski definition) is 4. The molecule has 1 saturated heterocycles. The lowest BCUT2D eigenvalue weighted by atomic mass is 9.82. The second-order valence-corrected chi connectivity index (χ2v) is 6.11. The molecule has 1 aliphatic carbocycles. The van der Waals surface area contributed by atoms with E-state index in [9.17, 15) is 19.0 Å². The summed E-state index contributed by atoms with van der Waals surface area (Å²) in [5, 5.41) is 28.4. The predicted molar refractivity (Wildman–Crippen MR) is 70.6 cm³/mol. The Kier molecular flexibility index (Phi) is 5.34. The van der Waals surface area contributed by atoms with Crippen LogP contribution in [0.5, 0.6) is 0 Å². The molecule has 3 atom stereocenters. The van der Waals surface area contributed by atoms with Gasteiger partial charge in [0.1, 0.15) is 0 Å². The van der Waals surface area contributed by atoms with Gasteiger partial charge in [-0.3, -0.25) is 4.90 Å². The van der Waals surface area contributed by atoms with Crippen LogP contribution in [0.2, 0.25) is 0 Å². The molecule has 1 heterocycles. The summed E-state index contributed by atoms with van der Waals surface area (Å²) in [6, 6.07) is 0. The van der Waals surface area contributed by atoms with Gasteiger partial charge in [0.05, 0.1) is 18.1 Å². The van der Waals surface area contributed by atoms with E-state index in [-0.39, 0.29) is 13.2 Å². The molecule has 0 amide bonds. The molecule has 0 aromatic heterocycles. The maximum Gasteiger partial charge on any atom is 0.245 e. The van der Waals surface area contributed by atoms with Gasteiger partial charge < -0.3 is 15.3 Å². The Hall–Kier alpha value is -0.300. The van der Waals surface area contributed by atoms with Gasteiger partial charge in [-0.15, -0.1) is 0 Å². The van der Waals surface area contributed by atoms with Gasteiger partial charge in [-0.25, -0.2) is 8.78 Å². The number of halogens is 2. The number of aliphatic hydroxyl groups excluding tert-OH is 3. The molecule has 1 unspecified atom stereocenters. The zero-order valence-corrected chi connectivity index (χ0v) is 11.7. The van der Waals surface area contributed by atoms with Crippen molar-refractivity contribution in [3.05, 3.63) is 0 Å². The van der Waals surface area contributed by atoms with Crippen LogP contribution in [0.15, 0.2) is 0 Å².